The van der Waals surface area contributed by atoms with Crippen molar-refractivity contribution in [3.05, 3.63) is 55.1 Å². The fourth-order valence-corrected chi connectivity index (χ4v) is 3.60. The van der Waals surface area contributed by atoms with E-state index < -0.39 is 0 Å². The van der Waals surface area contributed by atoms with E-state index in [1.165, 1.54) is 0 Å². The first-order valence-electron chi connectivity index (χ1n) is 9.92. The molecule has 0 atom stereocenters. The maximum atomic E-state index is 12.7. The summed E-state index contributed by atoms with van der Waals surface area (Å²) < 4.78 is 13.0. The largest absolute Gasteiger partial charge is 0.486 e. The molecule has 2 amide bonds. The topological polar surface area (TPSA) is 84.8 Å². The Kier molecular flexibility index (Phi) is 4.84. The van der Waals surface area contributed by atoms with Gasteiger partial charge in [-0.15, -0.1) is 0 Å². The number of nitrogens with one attached hydrogen (secondary N) is 1. The van der Waals surface area contributed by atoms with E-state index >= 15 is 0 Å². The van der Waals surface area contributed by atoms with Crippen molar-refractivity contribution in [1.82, 2.24) is 19.4 Å². The van der Waals surface area contributed by atoms with Crippen molar-refractivity contribution in [2.45, 2.75) is 0 Å². The number of rotatable bonds is 3. The fourth-order valence-electron chi connectivity index (χ4n) is 3.60. The predicted octanol–water partition coefficient (Wildman–Crippen LogP) is 2.39. The van der Waals surface area contributed by atoms with Gasteiger partial charge in [-0.05, 0) is 24.3 Å². The summed E-state index contributed by atoms with van der Waals surface area (Å²) in [7, 11) is 0. The van der Waals surface area contributed by atoms with E-state index in [1.807, 2.05) is 47.3 Å². The average Bonchev–Trinajstić information content (AvgIpc) is 3.34. The lowest BCUT2D eigenvalue weighted by atomic mass is 10.2. The molecule has 1 saturated heterocycles. The Morgan fingerprint density at radius 1 is 0.900 bits per heavy atom. The molecule has 4 heterocycles. The first-order chi connectivity index (χ1) is 14.8. The number of fused-ring (bicyclic) bond motifs is 1. The van der Waals surface area contributed by atoms with Crippen LogP contribution in [0.25, 0.3) is 5.82 Å². The van der Waals surface area contributed by atoms with E-state index in [1.54, 1.807) is 17.3 Å². The minimum absolute atomic E-state index is 0.123. The van der Waals surface area contributed by atoms with Gasteiger partial charge in [0.15, 0.2) is 11.5 Å². The van der Waals surface area contributed by atoms with Gasteiger partial charge in [0.25, 0.3) is 0 Å². The first-order valence-corrected chi connectivity index (χ1v) is 9.92. The number of piperazine rings is 1. The van der Waals surface area contributed by atoms with Gasteiger partial charge >= 0.3 is 6.03 Å². The molecular weight excluding hydrogens is 384 g/mol. The molecule has 3 aromatic rings. The number of ether oxygens (including phenoxy) is 2. The van der Waals surface area contributed by atoms with Crippen LogP contribution in [0.5, 0.6) is 11.5 Å². The molecule has 30 heavy (non-hydrogen) atoms. The zero-order chi connectivity index (χ0) is 20.3. The molecule has 0 unspecified atom stereocenters. The third kappa shape index (κ3) is 3.73. The Labute approximate surface area is 173 Å². The van der Waals surface area contributed by atoms with Gasteiger partial charge in [0.2, 0.25) is 0 Å². The zero-order valence-electron chi connectivity index (χ0n) is 16.4. The molecule has 1 aromatic carbocycles. The van der Waals surface area contributed by atoms with Crippen molar-refractivity contribution in [1.29, 1.82) is 0 Å². The molecule has 9 heteroatoms. The van der Waals surface area contributed by atoms with Crippen molar-refractivity contribution in [2.24, 2.45) is 0 Å². The highest BCUT2D eigenvalue weighted by atomic mass is 16.6. The first kappa shape index (κ1) is 18.3. The lowest BCUT2D eigenvalue weighted by molar-refractivity contribution is 0.171. The van der Waals surface area contributed by atoms with Crippen molar-refractivity contribution in [3.63, 3.8) is 0 Å². The smallest absolute Gasteiger partial charge is 0.321 e. The lowest BCUT2D eigenvalue weighted by Crippen LogP contribution is -2.50. The molecule has 1 fully saturated rings. The Morgan fingerprint density at radius 3 is 2.43 bits per heavy atom. The number of anilines is 2. The predicted molar refractivity (Wildman–Crippen MR) is 112 cm³/mol. The molecule has 154 valence electrons. The van der Waals surface area contributed by atoms with Crippen LogP contribution in [-0.4, -0.2) is 64.9 Å². The Hall–Kier alpha value is -3.75. The fraction of sp³-hybridized carbons (Fsp3) is 0.286. The third-order valence-electron chi connectivity index (χ3n) is 5.19. The van der Waals surface area contributed by atoms with Gasteiger partial charge in [0, 0.05) is 56.4 Å². The maximum absolute atomic E-state index is 12.7. The number of nitrogens with zero attached hydrogens (tertiary/aromatic N) is 5. The van der Waals surface area contributed by atoms with E-state index in [-0.39, 0.29) is 6.03 Å². The van der Waals surface area contributed by atoms with Crippen LogP contribution in [0, 0.1) is 0 Å². The molecule has 9 nitrogen and oxygen atoms in total. The van der Waals surface area contributed by atoms with E-state index in [0.717, 1.165) is 11.6 Å². The van der Waals surface area contributed by atoms with Crippen molar-refractivity contribution >= 4 is 17.5 Å². The van der Waals surface area contributed by atoms with Gasteiger partial charge in [-0.3, -0.25) is 0 Å². The van der Waals surface area contributed by atoms with Gasteiger partial charge in [-0.25, -0.2) is 14.8 Å². The average molecular weight is 406 g/mol. The number of aromatic nitrogens is 3. The van der Waals surface area contributed by atoms with E-state index in [2.05, 4.69) is 20.2 Å². The number of hydrogen-bond acceptors (Lipinski definition) is 6. The molecule has 0 radical (unpaired) electrons. The Balaban J connectivity index is 1.20. The minimum Gasteiger partial charge on any atom is -0.486 e. The SMILES string of the molecule is O=C(Nc1ccc2c(c1)OCCO2)N1CCN(c2cc(-n3cccc3)ncn2)CC1. The van der Waals surface area contributed by atoms with Crippen LogP contribution >= 0.6 is 0 Å². The number of benzene rings is 1. The summed E-state index contributed by atoms with van der Waals surface area (Å²) in [5, 5.41) is 2.95. The van der Waals surface area contributed by atoms with Crippen LogP contribution in [-0.2, 0) is 0 Å². The molecule has 1 N–H and O–H groups in total. The molecule has 2 aliphatic heterocycles. The van der Waals surface area contributed by atoms with E-state index in [4.69, 9.17) is 9.47 Å². The number of urea groups is 1. The highest BCUT2D eigenvalue weighted by molar-refractivity contribution is 5.90. The molecular formula is C21H22N6O3. The van der Waals surface area contributed by atoms with Crippen LogP contribution in [0.4, 0.5) is 16.3 Å². The Bertz CT molecular complexity index is 1030. The maximum Gasteiger partial charge on any atom is 0.321 e. The van der Waals surface area contributed by atoms with Crippen LogP contribution in [0.1, 0.15) is 0 Å². The summed E-state index contributed by atoms with van der Waals surface area (Å²) >= 11 is 0. The van der Waals surface area contributed by atoms with Crippen molar-refractivity contribution < 1.29 is 14.3 Å². The van der Waals surface area contributed by atoms with Crippen LogP contribution in [0.3, 0.4) is 0 Å². The zero-order valence-corrected chi connectivity index (χ0v) is 16.4. The molecule has 0 spiro atoms. The molecule has 2 aromatic heterocycles. The second-order valence-corrected chi connectivity index (χ2v) is 7.09. The Morgan fingerprint density at radius 2 is 1.63 bits per heavy atom. The standard InChI is InChI=1S/C21H22N6O3/c28-21(24-16-3-4-17-18(13-16)30-12-11-29-17)27-9-7-26(8-10-27)20-14-19(22-15-23-20)25-5-1-2-6-25/h1-6,13-15H,7-12H2,(H,24,28). The van der Waals surface area contributed by atoms with Crippen LogP contribution in [0.15, 0.2) is 55.1 Å². The molecule has 0 bridgehead atoms. The van der Waals surface area contributed by atoms with Crippen LogP contribution < -0.4 is 19.7 Å². The van der Waals surface area contributed by atoms with Gasteiger partial charge in [-0.1, -0.05) is 0 Å². The van der Waals surface area contributed by atoms with Gasteiger partial charge in [0.1, 0.15) is 31.2 Å². The van der Waals surface area contributed by atoms with E-state index in [9.17, 15) is 4.79 Å². The third-order valence-corrected chi connectivity index (χ3v) is 5.19. The molecule has 0 aliphatic carbocycles. The van der Waals surface area contributed by atoms with E-state index in [0.29, 0.717) is 56.6 Å². The number of amides is 2. The normalized spacial score (nSPS) is 15.7. The highest BCUT2D eigenvalue weighted by Gasteiger charge is 2.23. The van der Waals surface area contributed by atoms with Gasteiger partial charge in [0.05, 0.1) is 0 Å². The number of carbonyl (C=O) groups is 1. The summed E-state index contributed by atoms with van der Waals surface area (Å²) in [5.74, 6) is 3.05. The van der Waals surface area contributed by atoms with Crippen molar-refractivity contribution in [3.8, 4) is 17.3 Å². The minimum atomic E-state index is -0.123. The quantitative estimate of drug-likeness (QED) is 0.719. The van der Waals surface area contributed by atoms with Crippen LogP contribution in [0.2, 0.25) is 0 Å². The summed E-state index contributed by atoms with van der Waals surface area (Å²) in [6.45, 7) is 3.69. The van der Waals surface area contributed by atoms with Gasteiger partial charge < -0.3 is 29.2 Å². The molecule has 2 aliphatic rings. The highest BCUT2D eigenvalue weighted by Crippen LogP contribution is 2.32. The van der Waals surface area contributed by atoms with Crippen molar-refractivity contribution in [2.75, 3.05) is 49.6 Å². The summed E-state index contributed by atoms with van der Waals surface area (Å²) in [5.41, 5.74) is 0.693. The number of hydrogen-bond donors (Lipinski definition) is 1. The lowest BCUT2D eigenvalue weighted by Gasteiger charge is -2.35. The van der Waals surface area contributed by atoms with Gasteiger partial charge in [-0.2, -0.15) is 0 Å². The molecule has 0 saturated carbocycles. The number of carbonyl (C=O) groups excluding carboxylic acids is 1. The summed E-state index contributed by atoms with van der Waals surface area (Å²) in [6.07, 6.45) is 5.48. The second-order valence-electron chi connectivity index (χ2n) is 7.09. The summed E-state index contributed by atoms with van der Waals surface area (Å²) in [4.78, 5) is 25.4. The second kappa shape index (κ2) is 7.94. The molecule has 5 rings (SSSR count). The monoisotopic (exact) mass is 406 g/mol. The summed E-state index contributed by atoms with van der Waals surface area (Å²) in [6, 6.07) is 11.2.